The average Bonchev–Trinajstić information content (AvgIpc) is 2.83. The zero-order chi connectivity index (χ0) is 22.7. The molecule has 1 aliphatic heterocycles. The minimum atomic E-state index is -0.451. The van der Waals surface area contributed by atoms with Gasteiger partial charge in [-0.15, -0.1) is 0 Å². The molecule has 3 aromatic rings. The monoisotopic (exact) mass is 437 g/mol. The summed E-state index contributed by atoms with van der Waals surface area (Å²) < 4.78 is 10.8. The average molecular weight is 437 g/mol. The number of hydrogen-bond donors (Lipinski definition) is 0. The maximum Gasteiger partial charge on any atom is 0.269 e. The molecule has 1 saturated heterocycles. The Labute approximate surface area is 184 Å². The number of methoxy groups -OCH3 is 2. The molecule has 0 unspecified atom stereocenters. The highest BCUT2D eigenvalue weighted by Crippen LogP contribution is 2.34. The summed E-state index contributed by atoms with van der Waals surface area (Å²) >= 11 is 0. The second-order valence-corrected chi connectivity index (χ2v) is 7.39. The number of fused-ring (bicyclic) bond motifs is 1. The maximum absolute atomic E-state index is 12.7. The molecule has 10 heteroatoms. The van der Waals surface area contributed by atoms with Crippen LogP contribution in [0, 0.1) is 10.1 Å². The summed E-state index contributed by atoms with van der Waals surface area (Å²) in [6, 6.07) is 9.79. The van der Waals surface area contributed by atoms with E-state index in [1.54, 1.807) is 26.4 Å². The summed E-state index contributed by atoms with van der Waals surface area (Å²) in [6.45, 7) is 2.38. The zero-order valence-corrected chi connectivity index (χ0v) is 17.9. The van der Waals surface area contributed by atoms with Gasteiger partial charge < -0.3 is 19.3 Å². The lowest BCUT2D eigenvalue weighted by Crippen LogP contribution is -2.49. The van der Waals surface area contributed by atoms with E-state index in [-0.39, 0.29) is 18.0 Å². The van der Waals surface area contributed by atoms with E-state index in [9.17, 15) is 14.9 Å². The number of non-ortho nitro benzene ring substituents is 1. The van der Waals surface area contributed by atoms with Crippen LogP contribution < -0.4 is 14.4 Å². The van der Waals surface area contributed by atoms with Gasteiger partial charge in [0.25, 0.3) is 5.69 Å². The van der Waals surface area contributed by atoms with E-state index in [1.807, 2.05) is 17.0 Å². The second kappa shape index (κ2) is 9.04. The van der Waals surface area contributed by atoms with Gasteiger partial charge in [-0.05, 0) is 11.6 Å². The van der Waals surface area contributed by atoms with Crippen LogP contribution in [-0.4, -0.2) is 66.1 Å². The van der Waals surface area contributed by atoms with Crippen LogP contribution in [0.2, 0.25) is 0 Å². The van der Waals surface area contributed by atoms with Crippen molar-refractivity contribution in [2.24, 2.45) is 0 Å². The molecule has 1 aromatic heterocycles. The Morgan fingerprint density at radius 3 is 2.31 bits per heavy atom. The molecule has 0 bridgehead atoms. The number of hydrogen-bond acceptors (Lipinski definition) is 8. The van der Waals surface area contributed by atoms with Crippen LogP contribution >= 0.6 is 0 Å². The third kappa shape index (κ3) is 4.25. The van der Waals surface area contributed by atoms with Crippen molar-refractivity contribution < 1.29 is 19.2 Å². The molecule has 0 atom stereocenters. The Balaban J connectivity index is 1.44. The first kappa shape index (κ1) is 21.3. The van der Waals surface area contributed by atoms with Crippen LogP contribution in [-0.2, 0) is 11.2 Å². The van der Waals surface area contributed by atoms with Crippen molar-refractivity contribution in [1.82, 2.24) is 14.9 Å². The van der Waals surface area contributed by atoms with Gasteiger partial charge in [0.2, 0.25) is 5.91 Å². The molecule has 1 fully saturated rings. The molecule has 166 valence electrons. The van der Waals surface area contributed by atoms with Crippen LogP contribution in [0.15, 0.2) is 42.7 Å². The first-order chi connectivity index (χ1) is 15.5. The normalized spacial score (nSPS) is 13.8. The number of nitro benzene ring substituents is 1. The predicted molar refractivity (Wildman–Crippen MR) is 118 cm³/mol. The van der Waals surface area contributed by atoms with Gasteiger partial charge in [-0.2, -0.15) is 0 Å². The lowest BCUT2D eigenvalue weighted by Gasteiger charge is -2.36. The van der Waals surface area contributed by atoms with E-state index in [4.69, 9.17) is 9.47 Å². The Hall–Kier alpha value is -3.95. The second-order valence-electron chi connectivity index (χ2n) is 7.39. The Morgan fingerprint density at radius 2 is 1.69 bits per heavy atom. The number of anilines is 1. The Bertz CT molecular complexity index is 1140. The van der Waals surface area contributed by atoms with E-state index >= 15 is 0 Å². The van der Waals surface area contributed by atoms with Gasteiger partial charge in [-0.1, -0.05) is 12.1 Å². The molecule has 1 amide bonds. The molecule has 10 nitrogen and oxygen atoms in total. The minimum Gasteiger partial charge on any atom is -0.493 e. The molecule has 2 aromatic carbocycles. The van der Waals surface area contributed by atoms with Gasteiger partial charge in [0.1, 0.15) is 12.1 Å². The van der Waals surface area contributed by atoms with Gasteiger partial charge in [-0.25, -0.2) is 9.97 Å². The van der Waals surface area contributed by atoms with Crippen molar-refractivity contribution in [2.75, 3.05) is 45.3 Å². The number of rotatable bonds is 6. The van der Waals surface area contributed by atoms with Crippen molar-refractivity contribution in [3.8, 4) is 11.5 Å². The van der Waals surface area contributed by atoms with Gasteiger partial charge in [0.05, 0.1) is 31.1 Å². The van der Waals surface area contributed by atoms with E-state index in [0.29, 0.717) is 37.7 Å². The van der Waals surface area contributed by atoms with Crippen molar-refractivity contribution in [1.29, 1.82) is 0 Å². The van der Waals surface area contributed by atoms with Gasteiger partial charge in [0.15, 0.2) is 11.5 Å². The Kier molecular flexibility index (Phi) is 6.02. The number of carbonyl (C=O) groups is 1. The summed E-state index contributed by atoms with van der Waals surface area (Å²) in [5.41, 5.74) is 1.52. The van der Waals surface area contributed by atoms with Gasteiger partial charge in [-0.3, -0.25) is 14.9 Å². The third-order valence-electron chi connectivity index (χ3n) is 5.55. The first-order valence-corrected chi connectivity index (χ1v) is 10.1. The summed E-state index contributed by atoms with van der Waals surface area (Å²) in [5, 5.41) is 11.6. The van der Waals surface area contributed by atoms with Crippen LogP contribution in [0.1, 0.15) is 5.56 Å². The highest BCUT2D eigenvalue weighted by molar-refractivity contribution is 5.92. The largest absolute Gasteiger partial charge is 0.493 e. The number of amides is 1. The van der Waals surface area contributed by atoms with Gasteiger partial charge >= 0.3 is 0 Å². The molecule has 0 radical (unpaired) electrons. The summed E-state index contributed by atoms with van der Waals surface area (Å²) in [7, 11) is 3.17. The fourth-order valence-electron chi connectivity index (χ4n) is 3.81. The third-order valence-corrected chi connectivity index (χ3v) is 5.55. The SMILES string of the molecule is COc1cc2ncnc(N3CCN(C(=O)Cc4ccc([N+](=O)[O-])cc4)CC3)c2cc1OC. The summed E-state index contributed by atoms with van der Waals surface area (Å²) in [6.07, 6.45) is 1.74. The topological polar surface area (TPSA) is 111 Å². The fourth-order valence-corrected chi connectivity index (χ4v) is 3.81. The van der Waals surface area contributed by atoms with Crippen molar-refractivity contribution in [3.63, 3.8) is 0 Å². The lowest BCUT2D eigenvalue weighted by atomic mass is 10.1. The number of ether oxygens (including phenoxy) is 2. The standard InChI is InChI=1S/C22H23N5O5/c1-31-19-12-17-18(13-20(19)32-2)23-14-24-22(17)26-9-7-25(8-10-26)21(28)11-15-3-5-16(6-4-15)27(29)30/h3-6,12-14H,7-11H2,1-2H3. The number of benzene rings is 2. The number of carbonyl (C=O) groups excluding carboxylic acids is 1. The fraction of sp³-hybridized carbons (Fsp3) is 0.318. The highest BCUT2D eigenvalue weighted by atomic mass is 16.6. The molecular weight excluding hydrogens is 414 g/mol. The summed E-state index contributed by atoms with van der Waals surface area (Å²) in [5.74, 6) is 2.00. The first-order valence-electron chi connectivity index (χ1n) is 10.1. The van der Waals surface area contributed by atoms with Crippen molar-refractivity contribution in [2.45, 2.75) is 6.42 Å². The van der Waals surface area contributed by atoms with Crippen LogP contribution in [0.3, 0.4) is 0 Å². The summed E-state index contributed by atoms with van der Waals surface area (Å²) in [4.78, 5) is 35.8. The quantitative estimate of drug-likeness (QED) is 0.427. The molecule has 4 rings (SSSR count). The number of piperazine rings is 1. The van der Waals surface area contributed by atoms with Crippen LogP contribution in [0.25, 0.3) is 10.9 Å². The number of nitro groups is 1. The molecule has 1 aliphatic rings. The molecular formula is C22H23N5O5. The van der Waals surface area contributed by atoms with Crippen LogP contribution in [0.5, 0.6) is 11.5 Å². The van der Waals surface area contributed by atoms with Crippen molar-refractivity contribution >= 4 is 28.3 Å². The maximum atomic E-state index is 12.7. The van der Waals surface area contributed by atoms with Crippen LogP contribution in [0.4, 0.5) is 11.5 Å². The molecule has 0 N–H and O–H groups in total. The van der Waals surface area contributed by atoms with E-state index in [0.717, 1.165) is 22.3 Å². The van der Waals surface area contributed by atoms with Crippen molar-refractivity contribution in [3.05, 3.63) is 58.4 Å². The number of nitrogens with zero attached hydrogens (tertiary/aromatic N) is 5. The van der Waals surface area contributed by atoms with Gasteiger partial charge in [0, 0.05) is 49.8 Å². The molecule has 0 spiro atoms. The van der Waals surface area contributed by atoms with E-state index < -0.39 is 4.92 Å². The predicted octanol–water partition coefficient (Wildman–Crippen LogP) is 2.45. The number of aromatic nitrogens is 2. The minimum absolute atomic E-state index is 0.00236. The molecule has 0 saturated carbocycles. The molecule has 0 aliphatic carbocycles. The molecule has 2 heterocycles. The lowest BCUT2D eigenvalue weighted by molar-refractivity contribution is -0.384. The Morgan fingerprint density at radius 1 is 1.03 bits per heavy atom. The smallest absolute Gasteiger partial charge is 0.269 e. The molecule has 32 heavy (non-hydrogen) atoms. The highest BCUT2D eigenvalue weighted by Gasteiger charge is 2.24. The van der Waals surface area contributed by atoms with E-state index in [2.05, 4.69) is 14.9 Å². The van der Waals surface area contributed by atoms with E-state index in [1.165, 1.54) is 18.5 Å². The zero-order valence-electron chi connectivity index (χ0n) is 17.9.